The van der Waals surface area contributed by atoms with Crippen LogP contribution in [0.3, 0.4) is 0 Å². The summed E-state index contributed by atoms with van der Waals surface area (Å²) in [6.45, 7) is 4.24. The summed E-state index contributed by atoms with van der Waals surface area (Å²) in [5.41, 5.74) is 7.80. The Morgan fingerprint density at radius 3 is 2.33 bits per heavy atom. The Morgan fingerprint density at radius 2 is 1.67 bits per heavy atom. The van der Waals surface area contributed by atoms with E-state index in [1.165, 1.54) is 0 Å². The van der Waals surface area contributed by atoms with Crippen molar-refractivity contribution in [3.05, 3.63) is 59.7 Å². The van der Waals surface area contributed by atoms with Crippen molar-refractivity contribution in [2.75, 3.05) is 4.72 Å². The smallest absolute Gasteiger partial charge is 0.262 e. The Labute approximate surface area is 126 Å². The van der Waals surface area contributed by atoms with Gasteiger partial charge in [0.25, 0.3) is 10.0 Å². The third-order valence-corrected chi connectivity index (χ3v) is 4.78. The maximum atomic E-state index is 12.6. The van der Waals surface area contributed by atoms with Gasteiger partial charge < -0.3 is 5.73 Å². The maximum Gasteiger partial charge on any atom is 0.262 e. The molecule has 0 unspecified atom stereocenters. The number of nitrogens with two attached hydrogens (primary N) is 1. The van der Waals surface area contributed by atoms with Gasteiger partial charge in [-0.25, -0.2) is 8.42 Å². The Bertz CT molecular complexity index is 725. The lowest BCUT2D eigenvalue weighted by Crippen LogP contribution is -2.17. The molecule has 0 aromatic heterocycles. The van der Waals surface area contributed by atoms with Gasteiger partial charge in [-0.05, 0) is 29.2 Å². The SMILES string of the molecule is CC(C)c1ccccc1NS(=O)(=O)c1ccccc1CN. The van der Waals surface area contributed by atoms with Crippen molar-refractivity contribution in [2.24, 2.45) is 5.73 Å². The van der Waals surface area contributed by atoms with Crippen molar-refractivity contribution in [1.29, 1.82) is 0 Å². The van der Waals surface area contributed by atoms with E-state index in [0.29, 0.717) is 11.3 Å². The van der Waals surface area contributed by atoms with Gasteiger partial charge in [0.2, 0.25) is 0 Å². The van der Waals surface area contributed by atoms with Crippen LogP contribution in [0, 0.1) is 0 Å². The van der Waals surface area contributed by atoms with Gasteiger partial charge in [-0.15, -0.1) is 0 Å². The highest BCUT2D eigenvalue weighted by Crippen LogP contribution is 2.27. The summed E-state index contributed by atoms with van der Waals surface area (Å²) >= 11 is 0. The number of para-hydroxylation sites is 1. The molecule has 5 heteroatoms. The molecule has 21 heavy (non-hydrogen) atoms. The second-order valence-corrected chi connectivity index (χ2v) is 6.81. The molecule has 0 radical (unpaired) electrons. The number of anilines is 1. The molecule has 0 aliphatic rings. The minimum Gasteiger partial charge on any atom is -0.326 e. The first kappa shape index (κ1) is 15.5. The summed E-state index contributed by atoms with van der Waals surface area (Å²) in [5, 5.41) is 0. The van der Waals surface area contributed by atoms with Gasteiger partial charge >= 0.3 is 0 Å². The third-order valence-electron chi connectivity index (χ3n) is 3.31. The first-order chi connectivity index (χ1) is 9.95. The fourth-order valence-corrected chi connectivity index (χ4v) is 3.57. The highest BCUT2D eigenvalue weighted by Gasteiger charge is 2.19. The van der Waals surface area contributed by atoms with Gasteiger partial charge in [0, 0.05) is 6.54 Å². The minimum absolute atomic E-state index is 0.183. The van der Waals surface area contributed by atoms with Gasteiger partial charge in [-0.2, -0.15) is 0 Å². The number of sulfonamides is 1. The summed E-state index contributed by atoms with van der Waals surface area (Å²) in [6, 6.07) is 14.2. The number of hydrogen-bond acceptors (Lipinski definition) is 3. The van der Waals surface area contributed by atoms with Crippen molar-refractivity contribution < 1.29 is 8.42 Å². The van der Waals surface area contributed by atoms with E-state index in [-0.39, 0.29) is 17.4 Å². The van der Waals surface area contributed by atoms with Crippen molar-refractivity contribution in [3.8, 4) is 0 Å². The molecule has 0 saturated heterocycles. The van der Waals surface area contributed by atoms with Crippen LogP contribution in [-0.4, -0.2) is 8.42 Å². The van der Waals surface area contributed by atoms with Gasteiger partial charge in [-0.3, -0.25) is 4.72 Å². The van der Waals surface area contributed by atoms with E-state index < -0.39 is 10.0 Å². The van der Waals surface area contributed by atoms with Crippen LogP contribution >= 0.6 is 0 Å². The van der Waals surface area contributed by atoms with Crippen molar-refractivity contribution >= 4 is 15.7 Å². The summed E-state index contributed by atoms with van der Waals surface area (Å²) < 4.78 is 27.9. The Hall–Kier alpha value is -1.85. The molecule has 0 aliphatic carbocycles. The standard InChI is InChI=1S/C16H20N2O2S/c1-12(2)14-8-4-5-9-15(14)18-21(19,20)16-10-6-3-7-13(16)11-17/h3-10,12,18H,11,17H2,1-2H3. The monoisotopic (exact) mass is 304 g/mol. The lowest BCUT2D eigenvalue weighted by molar-refractivity contribution is 0.600. The van der Waals surface area contributed by atoms with E-state index in [2.05, 4.69) is 4.72 Å². The fourth-order valence-electron chi connectivity index (χ4n) is 2.23. The van der Waals surface area contributed by atoms with Crippen LogP contribution < -0.4 is 10.5 Å². The lowest BCUT2D eigenvalue weighted by atomic mass is 10.0. The summed E-state index contributed by atoms with van der Waals surface area (Å²) in [5.74, 6) is 0.230. The van der Waals surface area contributed by atoms with E-state index in [1.807, 2.05) is 32.0 Å². The highest BCUT2D eigenvalue weighted by molar-refractivity contribution is 7.92. The predicted molar refractivity (Wildman–Crippen MR) is 85.7 cm³/mol. The van der Waals surface area contributed by atoms with E-state index >= 15 is 0 Å². The van der Waals surface area contributed by atoms with Gasteiger partial charge in [0.15, 0.2) is 0 Å². The molecule has 0 atom stereocenters. The first-order valence-corrected chi connectivity index (χ1v) is 8.33. The van der Waals surface area contributed by atoms with Crippen LogP contribution in [0.25, 0.3) is 0 Å². The zero-order valence-corrected chi connectivity index (χ0v) is 13.0. The highest BCUT2D eigenvalue weighted by atomic mass is 32.2. The Morgan fingerprint density at radius 1 is 1.05 bits per heavy atom. The fraction of sp³-hybridized carbons (Fsp3) is 0.250. The van der Waals surface area contributed by atoms with Gasteiger partial charge in [0.1, 0.15) is 0 Å². The zero-order valence-electron chi connectivity index (χ0n) is 12.2. The number of rotatable bonds is 5. The quantitative estimate of drug-likeness (QED) is 0.891. The Kier molecular flexibility index (Phi) is 4.65. The van der Waals surface area contributed by atoms with Crippen LogP contribution in [0.2, 0.25) is 0 Å². The molecule has 0 spiro atoms. The van der Waals surface area contributed by atoms with Crippen molar-refractivity contribution in [1.82, 2.24) is 0 Å². The van der Waals surface area contributed by atoms with Crippen LogP contribution in [0.15, 0.2) is 53.4 Å². The molecule has 0 saturated carbocycles. The molecule has 112 valence electrons. The van der Waals surface area contributed by atoms with Crippen molar-refractivity contribution in [3.63, 3.8) is 0 Å². The summed E-state index contributed by atoms with van der Waals surface area (Å²) in [4.78, 5) is 0.228. The van der Waals surface area contributed by atoms with E-state index in [0.717, 1.165) is 5.56 Å². The zero-order chi connectivity index (χ0) is 15.5. The van der Waals surface area contributed by atoms with E-state index in [1.54, 1.807) is 30.3 Å². The molecule has 2 rings (SSSR count). The second-order valence-electron chi connectivity index (χ2n) is 5.16. The van der Waals surface area contributed by atoms with Crippen LogP contribution in [0.4, 0.5) is 5.69 Å². The van der Waals surface area contributed by atoms with Crippen LogP contribution in [0.5, 0.6) is 0 Å². The molecule has 2 aromatic rings. The maximum absolute atomic E-state index is 12.6. The number of benzene rings is 2. The molecule has 0 amide bonds. The van der Waals surface area contributed by atoms with E-state index in [9.17, 15) is 8.42 Å². The first-order valence-electron chi connectivity index (χ1n) is 6.85. The number of hydrogen-bond donors (Lipinski definition) is 2. The molecular formula is C16H20N2O2S. The molecule has 2 aromatic carbocycles. The normalized spacial score (nSPS) is 11.6. The van der Waals surface area contributed by atoms with Crippen molar-refractivity contribution in [2.45, 2.75) is 31.2 Å². The summed E-state index contributed by atoms with van der Waals surface area (Å²) in [7, 11) is -3.64. The Balaban J connectivity index is 2.43. The van der Waals surface area contributed by atoms with Gasteiger partial charge in [0.05, 0.1) is 10.6 Å². The van der Waals surface area contributed by atoms with Crippen LogP contribution in [0.1, 0.15) is 30.9 Å². The van der Waals surface area contributed by atoms with E-state index in [4.69, 9.17) is 5.73 Å². The second kappa shape index (κ2) is 6.28. The summed E-state index contributed by atoms with van der Waals surface area (Å²) in [6.07, 6.45) is 0. The molecule has 0 bridgehead atoms. The largest absolute Gasteiger partial charge is 0.326 e. The molecule has 0 aliphatic heterocycles. The average molecular weight is 304 g/mol. The lowest BCUT2D eigenvalue weighted by Gasteiger charge is -2.16. The molecule has 0 fully saturated rings. The number of nitrogens with one attached hydrogen (secondary N) is 1. The minimum atomic E-state index is -3.64. The predicted octanol–water partition coefficient (Wildman–Crippen LogP) is 3.07. The molecule has 4 nitrogen and oxygen atoms in total. The molecular weight excluding hydrogens is 284 g/mol. The average Bonchev–Trinajstić information content (AvgIpc) is 2.47. The molecule has 0 heterocycles. The van der Waals surface area contributed by atoms with Gasteiger partial charge in [-0.1, -0.05) is 50.2 Å². The topological polar surface area (TPSA) is 72.2 Å². The van der Waals surface area contributed by atoms with Crippen LogP contribution in [-0.2, 0) is 16.6 Å². The molecule has 3 N–H and O–H groups in total. The third kappa shape index (κ3) is 3.43.